The zero-order chi connectivity index (χ0) is 26.2. The first-order chi connectivity index (χ1) is 17.9. The number of ether oxygens (including phenoxy) is 2. The summed E-state index contributed by atoms with van der Waals surface area (Å²) in [5.41, 5.74) is 0.330. The molecule has 0 radical (unpaired) electrons. The number of benzene rings is 2. The molecule has 1 aliphatic heterocycles. The third-order valence-electron chi connectivity index (χ3n) is 5.93. The van der Waals surface area contributed by atoms with Crippen LogP contribution in [0.4, 0.5) is 5.82 Å². The van der Waals surface area contributed by atoms with Crippen molar-refractivity contribution in [2.24, 2.45) is 5.92 Å². The lowest BCUT2D eigenvalue weighted by Crippen LogP contribution is -2.28. The molecule has 192 valence electrons. The van der Waals surface area contributed by atoms with Gasteiger partial charge in [-0.25, -0.2) is 9.59 Å². The molecule has 3 aromatic rings. The first-order valence-corrected chi connectivity index (χ1v) is 12.9. The highest BCUT2D eigenvalue weighted by Gasteiger charge is 2.37. The summed E-state index contributed by atoms with van der Waals surface area (Å²) in [4.78, 5) is 53.0. The van der Waals surface area contributed by atoms with E-state index >= 15 is 0 Å². The molecule has 37 heavy (non-hydrogen) atoms. The summed E-state index contributed by atoms with van der Waals surface area (Å²) in [6, 6.07) is 18.9. The van der Waals surface area contributed by atoms with E-state index in [1.165, 1.54) is 35.5 Å². The van der Waals surface area contributed by atoms with Crippen LogP contribution in [0.15, 0.2) is 77.7 Å². The lowest BCUT2D eigenvalue weighted by Gasteiger charge is -2.18. The molecule has 2 aromatic carbocycles. The smallest absolute Gasteiger partial charge is 0.351 e. The molecule has 0 bridgehead atoms. The fourth-order valence-electron chi connectivity index (χ4n) is 4.08. The van der Waals surface area contributed by atoms with Gasteiger partial charge in [-0.2, -0.15) is 4.98 Å². The molecule has 2 heterocycles. The normalized spacial score (nSPS) is 18.8. The first-order valence-electron chi connectivity index (χ1n) is 11.9. The summed E-state index contributed by atoms with van der Waals surface area (Å²) in [7, 11) is 0. The molecule has 3 atom stereocenters. The van der Waals surface area contributed by atoms with Gasteiger partial charge < -0.3 is 14.8 Å². The first kappa shape index (κ1) is 26.3. The van der Waals surface area contributed by atoms with Gasteiger partial charge in [-0.05, 0) is 36.8 Å². The van der Waals surface area contributed by atoms with Crippen LogP contribution < -0.4 is 11.0 Å². The second kappa shape index (κ2) is 12.5. The van der Waals surface area contributed by atoms with Crippen LogP contribution in [0.1, 0.15) is 46.7 Å². The van der Waals surface area contributed by atoms with Gasteiger partial charge in [0, 0.05) is 36.8 Å². The predicted octanol–water partition coefficient (Wildman–Crippen LogP) is 3.93. The van der Waals surface area contributed by atoms with Crippen molar-refractivity contribution < 1.29 is 23.9 Å². The maximum absolute atomic E-state index is 12.8. The molecule has 1 N–H and O–H groups in total. The van der Waals surface area contributed by atoms with Crippen molar-refractivity contribution in [3.63, 3.8) is 0 Å². The number of hydrogen-bond acceptors (Lipinski definition) is 8. The van der Waals surface area contributed by atoms with Gasteiger partial charge in [0.05, 0.1) is 18.3 Å². The van der Waals surface area contributed by atoms with E-state index in [0.717, 1.165) is 0 Å². The van der Waals surface area contributed by atoms with Crippen molar-refractivity contribution in [3.8, 4) is 0 Å². The molecule has 0 saturated carbocycles. The molecular formula is C27H27N3O6S. The van der Waals surface area contributed by atoms with Crippen LogP contribution in [0.3, 0.4) is 0 Å². The molecule has 1 fully saturated rings. The average Bonchev–Trinajstić information content (AvgIpc) is 3.30. The summed E-state index contributed by atoms with van der Waals surface area (Å²) in [5, 5.41) is 2.63. The number of aromatic nitrogens is 2. The standard InChI is InChI=1S/C27H27N3O6S/c1-18(31)37-15-13-22-21(17-35-26(33)20-10-6-3-7-11-20)16-24(36-22)30-14-12-23(29-27(30)34)28-25(32)19-8-4-2-5-9-19/h2-12,14,21-22,24H,13,15-17H2,1H3,(H,28,29,32,34)/t21-,22-,24-/m1/s1. The average molecular weight is 522 g/mol. The van der Waals surface area contributed by atoms with Crippen LogP contribution in [0.2, 0.25) is 0 Å². The highest BCUT2D eigenvalue weighted by molar-refractivity contribution is 8.13. The maximum Gasteiger partial charge on any atom is 0.351 e. The van der Waals surface area contributed by atoms with Crippen LogP contribution in [0.5, 0.6) is 0 Å². The Morgan fingerprint density at radius 2 is 1.73 bits per heavy atom. The Morgan fingerprint density at radius 3 is 2.38 bits per heavy atom. The van der Waals surface area contributed by atoms with E-state index < -0.39 is 17.9 Å². The van der Waals surface area contributed by atoms with Gasteiger partial charge in [-0.15, -0.1) is 0 Å². The Morgan fingerprint density at radius 1 is 1.05 bits per heavy atom. The molecule has 10 heteroatoms. The van der Waals surface area contributed by atoms with Crippen molar-refractivity contribution in [3.05, 3.63) is 94.5 Å². The Balaban J connectivity index is 1.43. The van der Waals surface area contributed by atoms with Crippen molar-refractivity contribution in [1.82, 2.24) is 9.55 Å². The minimum Gasteiger partial charge on any atom is -0.462 e. The van der Waals surface area contributed by atoms with Crippen LogP contribution >= 0.6 is 11.8 Å². The van der Waals surface area contributed by atoms with Gasteiger partial charge in [-0.3, -0.25) is 14.2 Å². The Bertz CT molecular complexity index is 1300. The monoisotopic (exact) mass is 521 g/mol. The van der Waals surface area contributed by atoms with Crippen molar-refractivity contribution in [2.75, 3.05) is 17.7 Å². The second-order valence-electron chi connectivity index (χ2n) is 8.54. The molecule has 1 amide bonds. The number of nitrogens with zero attached hydrogens (tertiary/aromatic N) is 2. The summed E-state index contributed by atoms with van der Waals surface area (Å²) in [6.45, 7) is 1.62. The molecule has 0 aliphatic carbocycles. The van der Waals surface area contributed by atoms with Gasteiger partial charge in [-0.1, -0.05) is 48.2 Å². The fraction of sp³-hybridized carbons (Fsp3) is 0.296. The van der Waals surface area contributed by atoms with Gasteiger partial charge >= 0.3 is 11.7 Å². The number of carbonyl (C=O) groups excluding carboxylic acids is 3. The summed E-state index contributed by atoms with van der Waals surface area (Å²) < 4.78 is 13.1. The molecule has 1 aliphatic rings. The van der Waals surface area contributed by atoms with Crippen LogP contribution in [-0.2, 0) is 14.3 Å². The predicted molar refractivity (Wildman–Crippen MR) is 139 cm³/mol. The third-order valence-corrected chi connectivity index (χ3v) is 6.77. The summed E-state index contributed by atoms with van der Waals surface area (Å²) in [5.74, 6) is -0.289. The topological polar surface area (TPSA) is 117 Å². The van der Waals surface area contributed by atoms with Crippen LogP contribution in [0.25, 0.3) is 0 Å². The molecule has 4 rings (SSSR count). The number of nitrogens with one attached hydrogen (secondary N) is 1. The minimum absolute atomic E-state index is 0.00941. The maximum atomic E-state index is 12.8. The Kier molecular flexibility index (Phi) is 8.86. The second-order valence-corrected chi connectivity index (χ2v) is 9.81. The van der Waals surface area contributed by atoms with Gasteiger partial charge in [0.15, 0.2) is 5.12 Å². The highest BCUT2D eigenvalue weighted by Crippen LogP contribution is 2.35. The SMILES string of the molecule is CC(=O)SCC[C@H]1O[C@@H](n2ccc(NC(=O)c3ccccc3)nc2=O)C[C@@H]1COC(=O)c1ccccc1. The molecular weight excluding hydrogens is 494 g/mol. The van der Waals surface area contributed by atoms with Crippen molar-refractivity contribution in [1.29, 1.82) is 0 Å². The number of amides is 1. The summed E-state index contributed by atoms with van der Waals surface area (Å²) >= 11 is 1.20. The molecule has 1 saturated heterocycles. The number of anilines is 1. The molecule has 0 spiro atoms. The number of thioether (sulfide) groups is 1. The number of esters is 1. The van der Waals surface area contributed by atoms with Gasteiger partial charge in [0.2, 0.25) is 0 Å². The molecule has 1 aromatic heterocycles. The molecule has 0 unspecified atom stereocenters. The largest absolute Gasteiger partial charge is 0.462 e. The van der Waals surface area contributed by atoms with Gasteiger partial charge in [0.1, 0.15) is 12.0 Å². The highest BCUT2D eigenvalue weighted by atomic mass is 32.2. The van der Waals surface area contributed by atoms with E-state index in [1.54, 1.807) is 54.6 Å². The zero-order valence-corrected chi connectivity index (χ0v) is 21.1. The number of rotatable bonds is 9. The fourth-order valence-corrected chi connectivity index (χ4v) is 4.71. The van der Waals surface area contributed by atoms with Crippen molar-refractivity contribution >= 4 is 34.6 Å². The quantitative estimate of drug-likeness (QED) is 0.421. The van der Waals surface area contributed by atoms with Gasteiger partial charge in [0.25, 0.3) is 5.91 Å². The van der Waals surface area contributed by atoms with E-state index in [-0.39, 0.29) is 35.5 Å². The van der Waals surface area contributed by atoms with E-state index in [1.807, 2.05) is 6.07 Å². The number of carbonyl (C=O) groups is 3. The van der Waals surface area contributed by atoms with Crippen molar-refractivity contribution in [2.45, 2.75) is 32.1 Å². The summed E-state index contributed by atoms with van der Waals surface area (Å²) in [6.07, 6.45) is 1.58. The van der Waals surface area contributed by atoms with E-state index in [4.69, 9.17) is 9.47 Å². The van der Waals surface area contributed by atoms with E-state index in [2.05, 4.69) is 10.3 Å². The Labute approximate surface area is 218 Å². The van der Waals surface area contributed by atoms with Crippen LogP contribution in [-0.4, -0.2) is 45.0 Å². The van der Waals surface area contributed by atoms with Crippen LogP contribution in [0, 0.1) is 5.92 Å². The Hall–Kier alpha value is -3.76. The van der Waals surface area contributed by atoms with E-state index in [9.17, 15) is 19.2 Å². The third kappa shape index (κ3) is 7.14. The number of hydrogen-bond donors (Lipinski definition) is 1. The van der Waals surface area contributed by atoms with E-state index in [0.29, 0.717) is 29.7 Å². The lowest BCUT2D eigenvalue weighted by atomic mass is 10.00. The zero-order valence-electron chi connectivity index (χ0n) is 20.2. The minimum atomic E-state index is -0.619. The lowest BCUT2D eigenvalue weighted by molar-refractivity contribution is -0.109. The molecule has 9 nitrogen and oxygen atoms in total.